The zero-order valence-corrected chi connectivity index (χ0v) is 18.3. The SMILES string of the molecule is O=C(c1cc(-c2ccncc2)n(-c2ccc(F)c(F)c2)n1)N1CCC2(CC1)SCCS2. The molecule has 0 saturated carbocycles. The third-order valence-electron chi connectivity index (χ3n) is 5.68. The van der Waals surface area contributed by atoms with Crippen molar-refractivity contribution in [1.29, 1.82) is 0 Å². The van der Waals surface area contributed by atoms with E-state index in [9.17, 15) is 13.6 Å². The second-order valence-corrected chi connectivity index (χ2v) is 10.8. The molecular formula is C22H20F2N4OS2. The molecular weight excluding hydrogens is 438 g/mol. The number of hydrogen-bond donors (Lipinski definition) is 0. The van der Waals surface area contributed by atoms with Gasteiger partial charge in [0.05, 0.1) is 15.5 Å². The van der Waals surface area contributed by atoms with Gasteiger partial charge in [-0.15, -0.1) is 23.5 Å². The lowest BCUT2D eigenvalue weighted by Crippen LogP contribution is -2.43. The molecule has 0 atom stereocenters. The predicted molar refractivity (Wildman–Crippen MR) is 119 cm³/mol. The van der Waals surface area contributed by atoms with Crippen LogP contribution in [-0.2, 0) is 0 Å². The van der Waals surface area contributed by atoms with Gasteiger partial charge in [-0.2, -0.15) is 5.10 Å². The normalized spacial score (nSPS) is 17.9. The molecule has 0 N–H and O–H groups in total. The van der Waals surface area contributed by atoms with Gasteiger partial charge >= 0.3 is 0 Å². The van der Waals surface area contributed by atoms with E-state index in [1.807, 2.05) is 28.4 Å². The van der Waals surface area contributed by atoms with Gasteiger partial charge < -0.3 is 4.90 Å². The van der Waals surface area contributed by atoms with Gasteiger partial charge in [0, 0.05) is 48.6 Å². The van der Waals surface area contributed by atoms with Crippen molar-refractivity contribution in [2.45, 2.75) is 16.9 Å². The number of aromatic nitrogens is 3. The van der Waals surface area contributed by atoms with Gasteiger partial charge in [0.2, 0.25) is 0 Å². The first-order valence-corrected chi connectivity index (χ1v) is 12.0. The molecule has 160 valence electrons. The summed E-state index contributed by atoms with van der Waals surface area (Å²) < 4.78 is 29.1. The Hall–Kier alpha value is -2.39. The Morgan fingerprint density at radius 2 is 1.68 bits per heavy atom. The average molecular weight is 459 g/mol. The first-order chi connectivity index (χ1) is 15.0. The lowest BCUT2D eigenvalue weighted by atomic mass is 10.1. The molecule has 1 amide bonds. The topological polar surface area (TPSA) is 51.0 Å². The smallest absolute Gasteiger partial charge is 0.274 e. The summed E-state index contributed by atoms with van der Waals surface area (Å²) in [6, 6.07) is 8.89. The second-order valence-electron chi connectivity index (χ2n) is 7.56. The highest BCUT2D eigenvalue weighted by molar-refractivity contribution is 8.21. The van der Waals surface area contributed by atoms with E-state index in [4.69, 9.17) is 0 Å². The molecule has 2 saturated heterocycles. The number of amides is 1. The molecule has 0 radical (unpaired) electrons. The summed E-state index contributed by atoms with van der Waals surface area (Å²) in [5.74, 6) is 0.315. The van der Waals surface area contributed by atoms with E-state index in [-0.39, 0.29) is 9.99 Å². The first-order valence-electron chi connectivity index (χ1n) is 10.1. The van der Waals surface area contributed by atoms with Crippen molar-refractivity contribution in [1.82, 2.24) is 19.7 Å². The number of carbonyl (C=O) groups is 1. The van der Waals surface area contributed by atoms with Gasteiger partial charge in [-0.3, -0.25) is 9.78 Å². The summed E-state index contributed by atoms with van der Waals surface area (Å²) in [6.07, 6.45) is 5.21. The van der Waals surface area contributed by atoms with Crippen LogP contribution in [0.25, 0.3) is 16.9 Å². The summed E-state index contributed by atoms with van der Waals surface area (Å²) >= 11 is 4.02. The molecule has 3 aromatic rings. The van der Waals surface area contributed by atoms with Crippen LogP contribution in [0.2, 0.25) is 0 Å². The first kappa shape index (κ1) is 20.5. The molecule has 2 aliphatic heterocycles. The molecule has 2 aliphatic rings. The monoisotopic (exact) mass is 458 g/mol. The van der Waals surface area contributed by atoms with Crippen LogP contribution in [0.4, 0.5) is 8.78 Å². The number of nitrogens with zero attached hydrogens (tertiary/aromatic N) is 4. The Kier molecular flexibility index (Phi) is 5.47. The van der Waals surface area contributed by atoms with Crippen LogP contribution in [0, 0.1) is 11.6 Å². The highest BCUT2D eigenvalue weighted by atomic mass is 32.2. The Morgan fingerprint density at radius 3 is 2.35 bits per heavy atom. The Balaban J connectivity index is 1.47. The highest BCUT2D eigenvalue weighted by Gasteiger charge is 2.40. The Morgan fingerprint density at radius 1 is 0.968 bits per heavy atom. The number of halogens is 2. The van der Waals surface area contributed by atoms with Crippen molar-refractivity contribution in [3.8, 4) is 16.9 Å². The quantitative estimate of drug-likeness (QED) is 0.573. The van der Waals surface area contributed by atoms with Crippen molar-refractivity contribution in [3.63, 3.8) is 0 Å². The molecule has 2 aromatic heterocycles. The van der Waals surface area contributed by atoms with Crippen LogP contribution in [0.15, 0.2) is 48.8 Å². The van der Waals surface area contributed by atoms with Gasteiger partial charge in [-0.1, -0.05) is 0 Å². The van der Waals surface area contributed by atoms with Crippen molar-refractivity contribution in [2.75, 3.05) is 24.6 Å². The third-order valence-corrected chi connectivity index (χ3v) is 9.33. The lowest BCUT2D eigenvalue weighted by Gasteiger charge is -2.37. The molecule has 1 aromatic carbocycles. The number of likely N-dealkylation sites (tertiary alicyclic amines) is 1. The van der Waals surface area contributed by atoms with Gasteiger partial charge in [-0.25, -0.2) is 13.5 Å². The van der Waals surface area contributed by atoms with Crippen molar-refractivity contribution in [3.05, 3.63) is 66.1 Å². The highest BCUT2D eigenvalue weighted by Crippen LogP contribution is 2.50. The second kappa shape index (κ2) is 8.27. The zero-order chi connectivity index (χ0) is 21.4. The molecule has 5 nitrogen and oxygen atoms in total. The molecule has 31 heavy (non-hydrogen) atoms. The summed E-state index contributed by atoms with van der Waals surface area (Å²) in [7, 11) is 0. The number of thioether (sulfide) groups is 2. The predicted octanol–water partition coefficient (Wildman–Crippen LogP) is 4.62. The van der Waals surface area contributed by atoms with Crippen molar-refractivity contribution in [2.24, 2.45) is 0 Å². The minimum absolute atomic E-state index is 0.139. The van der Waals surface area contributed by atoms with Crippen LogP contribution >= 0.6 is 23.5 Å². The summed E-state index contributed by atoms with van der Waals surface area (Å²) in [6.45, 7) is 1.39. The third kappa shape index (κ3) is 3.96. The van der Waals surface area contributed by atoms with Crippen LogP contribution in [0.3, 0.4) is 0 Å². The summed E-state index contributed by atoms with van der Waals surface area (Å²) in [5, 5.41) is 4.50. The molecule has 4 heterocycles. The summed E-state index contributed by atoms with van der Waals surface area (Å²) in [4.78, 5) is 19.1. The molecule has 9 heteroatoms. The molecule has 0 bridgehead atoms. The van der Waals surface area contributed by atoms with E-state index in [2.05, 4.69) is 10.1 Å². The van der Waals surface area contributed by atoms with Crippen LogP contribution in [0.5, 0.6) is 0 Å². The van der Waals surface area contributed by atoms with E-state index in [1.165, 1.54) is 22.3 Å². The van der Waals surface area contributed by atoms with Crippen LogP contribution < -0.4 is 0 Å². The number of carbonyl (C=O) groups excluding carboxylic acids is 1. The van der Waals surface area contributed by atoms with E-state index >= 15 is 0 Å². The average Bonchev–Trinajstić information content (AvgIpc) is 3.44. The molecule has 0 unspecified atom stereocenters. The fourth-order valence-electron chi connectivity index (χ4n) is 4.03. The Bertz CT molecular complexity index is 1110. The maximum atomic E-state index is 13.9. The number of hydrogen-bond acceptors (Lipinski definition) is 5. The molecule has 0 aliphatic carbocycles. The minimum Gasteiger partial charge on any atom is -0.337 e. The van der Waals surface area contributed by atoms with E-state index in [0.717, 1.165) is 30.5 Å². The summed E-state index contributed by atoms with van der Waals surface area (Å²) in [5.41, 5.74) is 2.04. The van der Waals surface area contributed by atoms with E-state index in [1.54, 1.807) is 30.6 Å². The largest absolute Gasteiger partial charge is 0.337 e. The van der Waals surface area contributed by atoms with Crippen LogP contribution in [0.1, 0.15) is 23.3 Å². The molecule has 1 spiro atoms. The van der Waals surface area contributed by atoms with E-state index in [0.29, 0.717) is 30.2 Å². The molecule has 5 rings (SSSR count). The van der Waals surface area contributed by atoms with Gasteiger partial charge in [0.25, 0.3) is 5.91 Å². The lowest BCUT2D eigenvalue weighted by molar-refractivity contribution is 0.0716. The standard InChI is InChI=1S/C22H20F2N4OS2/c23-17-2-1-16(13-18(17)24)28-20(15-3-7-25-8-4-15)14-19(26-28)21(29)27-9-5-22(6-10-27)30-11-12-31-22/h1-4,7-8,13-14H,5-6,9-12H2. The molecule has 2 fully saturated rings. The maximum Gasteiger partial charge on any atom is 0.274 e. The number of benzene rings is 1. The fraction of sp³-hybridized carbons (Fsp3) is 0.318. The number of piperidine rings is 1. The van der Waals surface area contributed by atoms with Crippen LogP contribution in [-0.4, -0.2) is 54.2 Å². The van der Waals surface area contributed by atoms with Crippen molar-refractivity contribution < 1.29 is 13.6 Å². The zero-order valence-electron chi connectivity index (χ0n) is 16.6. The minimum atomic E-state index is -0.963. The van der Waals surface area contributed by atoms with Gasteiger partial charge in [0.15, 0.2) is 17.3 Å². The van der Waals surface area contributed by atoms with Crippen molar-refractivity contribution >= 4 is 29.4 Å². The van der Waals surface area contributed by atoms with Gasteiger partial charge in [0.1, 0.15) is 0 Å². The number of pyridine rings is 1. The number of rotatable bonds is 3. The maximum absolute atomic E-state index is 13.9. The fourth-order valence-corrected chi connectivity index (χ4v) is 7.21. The van der Waals surface area contributed by atoms with E-state index < -0.39 is 11.6 Å². The van der Waals surface area contributed by atoms with Gasteiger partial charge in [-0.05, 0) is 43.2 Å². The Labute approximate surface area is 187 Å².